The van der Waals surface area contributed by atoms with Crippen LogP contribution in [-0.4, -0.2) is 19.3 Å². The minimum atomic E-state index is -0.688. The number of carbonyl (C=O) groups excluding carboxylic acids is 1. The smallest absolute Gasteiger partial charge is 0.335 e. The summed E-state index contributed by atoms with van der Waals surface area (Å²) in [5, 5.41) is 8.76. The van der Waals surface area contributed by atoms with E-state index >= 15 is 0 Å². The maximum Gasteiger partial charge on any atom is 0.335 e. The van der Waals surface area contributed by atoms with Crippen LogP contribution in [0.15, 0.2) is 59.6 Å². The van der Waals surface area contributed by atoms with Gasteiger partial charge in [-0.25, -0.2) is 4.79 Å². The first-order chi connectivity index (χ1) is 10.2. The van der Waals surface area contributed by atoms with E-state index in [0.717, 1.165) is 11.1 Å². The standard InChI is InChI=1S/C17H14N2O2/c1-21-17(20)16(15-5-3-2-4-6-15)19-12-14-9-7-13(11-18)8-10-14/h2-10,12,16H,1H3. The zero-order valence-electron chi connectivity index (χ0n) is 11.6. The third-order valence-corrected chi connectivity index (χ3v) is 2.95. The molecule has 21 heavy (non-hydrogen) atoms. The predicted octanol–water partition coefficient (Wildman–Crippen LogP) is 2.89. The largest absolute Gasteiger partial charge is 0.467 e. The fourth-order valence-corrected chi connectivity index (χ4v) is 1.83. The van der Waals surface area contributed by atoms with Gasteiger partial charge in [-0.3, -0.25) is 4.99 Å². The van der Waals surface area contributed by atoms with Crippen LogP contribution in [0, 0.1) is 11.3 Å². The SMILES string of the molecule is COC(=O)C(N=Cc1ccc(C#N)cc1)c1ccccc1. The summed E-state index contributed by atoms with van der Waals surface area (Å²) < 4.78 is 4.80. The second-order valence-corrected chi connectivity index (χ2v) is 4.35. The van der Waals surface area contributed by atoms with E-state index in [9.17, 15) is 4.79 Å². The third kappa shape index (κ3) is 3.77. The first-order valence-electron chi connectivity index (χ1n) is 6.40. The van der Waals surface area contributed by atoms with E-state index in [1.54, 1.807) is 30.5 Å². The maximum atomic E-state index is 11.9. The number of benzene rings is 2. The van der Waals surface area contributed by atoms with Crippen molar-refractivity contribution in [1.82, 2.24) is 0 Å². The summed E-state index contributed by atoms with van der Waals surface area (Å²) in [4.78, 5) is 16.2. The molecule has 2 aromatic carbocycles. The fraction of sp³-hybridized carbons (Fsp3) is 0.118. The van der Waals surface area contributed by atoms with Gasteiger partial charge in [-0.1, -0.05) is 42.5 Å². The summed E-state index contributed by atoms with van der Waals surface area (Å²) in [7, 11) is 1.34. The van der Waals surface area contributed by atoms with Gasteiger partial charge in [0, 0.05) is 6.21 Å². The molecular formula is C17H14N2O2. The normalized spacial score (nSPS) is 11.8. The molecule has 0 amide bonds. The summed E-state index contributed by atoms with van der Waals surface area (Å²) in [6.45, 7) is 0. The van der Waals surface area contributed by atoms with Gasteiger partial charge in [-0.2, -0.15) is 5.26 Å². The molecule has 4 nitrogen and oxygen atoms in total. The van der Waals surface area contributed by atoms with Gasteiger partial charge < -0.3 is 4.74 Å². The molecule has 0 aliphatic rings. The van der Waals surface area contributed by atoms with Crippen LogP contribution in [0.3, 0.4) is 0 Å². The Kier molecular flexibility index (Phi) is 4.84. The second-order valence-electron chi connectivity index (χ2n) is 4.35. The van der Waals surface area contributed by atoms with E-state index in [4.69, 9.17) is 10.00 Å². The van der Waals surface area contributed by atoms with Crippen molar-refractivity contribution in [2.75, 3.05) is 7.11 Å². The zero-order chi connectivity index (χ0) is 15.1. The fourth-order valence-electron chi connectivity index (χ4n) is 1.83. The molecule has 0 fully saturated rings. The summed E-state index contributed by atoms with van der Waals surface area (Å²) in [5.74, 6) is -0.411. The van der Waals surface area contributed by atoms with Crippen LogP contribution in [0.1, 0.15) is 22.7 Å². The van der Waals surface area contributed by atoms with E-state index in [-0.39, 0.29) is 0 Å². The Morgan fingerprint density at radius 1 is 1.19 bits per heavy atom. The summed E-state index contributed by atoms with van der Waals surface area (Å²) in [6.07, 6.45) is 1.61. The number of methoxy groups -OCH3 is 1. The predicted molar refractivity (Wildman–Crippen MR) is 80.0 cm³/mol. The van der Waals surface area contributed by atoms with Crippen LogP contribution < -0.4 is 0 Å². The molecule has 0 aromatic heterocycles. The molecule has 0 N–H and O–H groups in total. The van der Waals surface area contributed by atoms with Crippen LogP contribution in [0.25, 0.3) is 0 Å². The highest BCUT2D eigenvalue weighted by Gasteiger charge is 2.19. The first kappa shape index (κ1) is 14.5. The molecule has 4 heteroatoms. The lowest BCUT2D eigenvalue weighted by atomic mass is 10.1. The van der Waals surface area contributed by atoms with Crippen molar-refractivity contribution in [3.05, 3.63) is 71.3 Å². The molecule has 104 valence electrons. The highest BCUT2D eigenvalue weighted by molar-refractivity contribution is 5.84. The molecule has 0 aliphatic heterocycles. The minimum Gasteiger partial charge on any atom is -0.467 e. The van der Waals surface area contributed by atoms with Gasteiger partial charge in [0.2, 0.25) is 0 Å². The van der Waals surface area contributed by atoms with E-state index in [2.05, 4.69) is 11.1 Å². The number of nitriles is 1. The van der Waals surface area contributed by atoms with Crippen molar-refractivity contribution in [2.24, 2.45) is 4.99 Å². The number of carbonyl (C=O) groups is 1. The molecule has 0 radical (unpaired) electrons. The number of ether oxygens (including phenoxy) is 1. The molecule has 2 aromatic rings. The van der Waals surface area contributed by atoms with Crippen molar-refractivity contribution in [3.63, 3.8) is 0 Å². The van der Waals surface area contributed by atoms with Gasteiger partial charge in [0.1, 0.15) is 0 Å². The number of nitrogens with zero attached hydrogens (tertiary/aromatic N) is 2. The van der Waals surface area contributed by atoms with Gasteiger partial charge in [0.05, 0.1) is 18.7 Å². The maximum absolute atomic E-state index is 11.9. The Hall–Kier alpha value is -2.93. The summed E-state index contributed by atoms with van der Waals surface area (Å²) >= 11 is 0. The number of hydrogen-bond donors (Lipinski definition) is 0. The average molecular weight is 278 g/mol. The van der Waals surface area contributed by atoms with Crippen LogP contribution >= 0.6 is 0 Å². The summed E-state index contributed by atoms with van der Waals surface area (Å²) in [6, 6.07) is 17.6. The second kappa shape index (κ2) is 7.01. The lowest BCUT2D eigenvalue weighted by Crippen LogP contribution is -2.12. The molecule has 0 aliphatic carbocycles. The zero-order valence-corrected chi connectivity index (χ0v) is 11.6. The molecule has 0 bridgehead atoms. The Morgan fingerprint density at radius 3 is 2.43 bits per heavy atom. The molecule has 0 spiro atoms. The van der Waals surface area contributed by atoms with E-state index in [1.165, 1.54) is 7.11 Å². The van der Waals surface area contributed by atoms with E-state index in [0.29, 0.717) is 5.56 Å². The van der Waals surface area contributed by atoms with Crippen molar-refractivity contribution in [3.8, 4) is 6.07 Å². The van der Waals surface area contributed by atoms with Crippen LogP contribution in [-0.2, 0) is 9.53 Å². The Balaban J connectivity index is 2.24. The number of rotatable bonds is 4. The monoisotopic (exact) mass is 278 g/mol. The molecule has 0 heterocycles. The molecule has 0 saturated heterocycles. The number of hydrogen-bond acceptors (Lipinski definition) is 4. The van der Waals surface area contributed by atoms with Gasteiger partial charge in [-0.05, 0) is 23.3 Å². The first-order valence-corrected chi connectivity index (χ1v) is 6.40. The van der Waals surface area contributed by atoms with Gasteiger partial charge >= 0.3 is 5.97 Å². The Labute approximate surface area is 123 Å². The highest BCUT2D eigenvalue weighted by atomic mass is 16.5. The highest BCUT2D eigenvalue weighted by Crippen LogP contribution is 2.18. The molecule has 0 saturated carbocycles. The van der Waals surface area contributed by atoms with Crippen molar-refractivity contribution in [1.29, 1.82) is 5.26 Å². The van der Waals surface area contributed by atoms with E-state index in [1.807, 2.05) is 30.3 Å². The average Bonchev–Trinajstić information content (AvgIpc) is 2.56. The quantitative estimate of drug-likeness (QED) is 0.638. The van der Waals surface area contributed by atoms with Gasteiger partial charge in [-0.15, -0.1) is 0 Å². The third-order valence-electron chi connectivity index (χ3n) is 2.95. The molecule has 1 atom stereocenters. The Bertz CT molecular complexity index is 670. The van der Waals surface area contributed by atoms with Crippen LogP contribution in [0.4, 0.5) is 0 Å². The minimum absolute atomic E-state index is 0.411. The topological polar surface area (TPSA) is 62.4 Å². The van der Waals surface area contributed by atoms with E-state index < -0.39 is 12.0 Å². The Morgan fingerprint density at radius 2 is 1.86 bits per heavy atom. The van der Waals surface area contributed by atoms with Crippen molar-refractivity contribution in [2.45, 2.75) is 6.04 Å². The van der Waals surface area contributed by atoms with Crippen molar-refractivity contribution < 1.29 is 9.53 Å². The molecular weight excluding hydrogens is 264 g/mol. The number of esters is 1. The lowest BCUT2D eigenvalue weighted by Gasteiger charge is -2.10. The molecule has 1 unspecified atom stereocenters. The lowest BCUT2D eigenvalue weighted by molar-refractivity contribution is -0.142. The van der Waals surface area contributed by atoms with Gasteiger partial charge in [0.15, 0.2) is 6.04 Å². The summed E-state index contributed by atoms with van der Waals surface area (Å²) in [5.41, 5.74) is 2.17. The van der Waals surface area contributed by atoms with Crippen molar-refractivity contribution >= 4 is 12.2 Å². The van der Waals surface area contributed by atoms with Crippen LogP contribution in [0.2, 0.25) is 0 Å². The van der Waals surface area contributed by atoms with Gasteiger partial charge in [0.25, 0.3) is 0 Å². The molecule has 2 rings (SSSR count). The number of aliphatic imine (C=N–C) groups is 1. The van der Waals surface area contributed by atoms with Crippen LogP contribution in [0.5, 0.6) is 0 Å².